The lowest BCUT2D eigenvalue weighted by Crippen LogP contribution is -2.15. The molecule has 0 aliphatic rings. The Morgan fingerprint density at radius 1 is 1.03 bits per heavy atom. The van der Waals surface area contributed by atoms with Crippen LogP contribution in [0.5, 0.6) is 0 Å². The second-order valence-corrected chi connectivity index (χ2v) is 10.6. The second kappa shape index (κ2) is 10.8. The molecule has 0 saturated carbocycles. The summed E-state index contributed by atoms with van der Waals surface area (Å²) in [6, 6.07) is 17.1. The Morgan fingerprint density at radius 2 is 1.81 bits per heavy atom. The average molecular weight is 526 g/mol. The van der Waals surface area contributed by atoms with Crippen molar-refractivity contribution in [1.29, 1.82) is 0 Å². The van der Waals surface area contributed by atoms with Crippen LogP contribution in [0.2, 0.25) is 0 Å². The van der Waals surface area contributed by atoms with Gasteiger partial charge in [0.1, 0.15) is 5.76 Å². The van der Waals surface area contributed by atoms with Gasteiger partial charge in [-0.2, -0.15) is 0 Å². The molecule has 2 aromatic heterocycles. The average Bonchev–Trinajstić information content (AvgIpc) is 3.48. The minimum atomic E-state index is -3.39. The third-order valence-electron chi connectivity index (χ3n) is 4.94. The van der Waals surface area contributed by atoms with Crippen molar-refractivity contribution in [3.63, 3.8) is 0 Å². The fourth-order valence-corrected chi connectivity index (χ4v) is 4.66. The maximum Gasteiger partial charge on any atom is 0.234 e. The number of rotatable bonds is 10. The molecule has 4 rings (SSSR count). The minimum Gasteiger partial charge on any atom is -0.467 e. The zero-order valence-corrected chi connectivity index (χ0v) is 21.1. The summed E-state index contributed by atoms with van der Waals surface area (Å²) in [5.41, 5.74) is 2.19. The lowest BCUT2D eigenvalue weighted by Gasteiger charge is -2.10. The first kappa shape index (κ1) is 25.2. The van der Waals surface area contributed by atoms with E-state index >= 15 is 0 Å². The highest BCUT2D eigenvalue weighted by Gasteiger charge is 2.17. The molecule has 0 fully saturated rings. The van der Waals surface area contributed by atoms with Gasteiger partial charge in [0.15, 0.2) is 16.8 Å². The Kier molecular flexibility index (Phi) is 7.55. The fraction of sp³-hybridized carbons (Fsp3) is 0.167. The number of carbonyl (C=O) groups is 2. The van der Waals surface area contributed by atoms with E-state index in [4.69, 9.17) is 4.42 Å². The molecule has 186 valence electrons. The summed E-state index contributed by atoms with van der Waals surface area (Å²) in [5.74, 6) is 0.941. The first-order chi connectivity index (χ1) is 17.2. The Morgan fingerprint density at radius 3 is 2.47 bits per heavy atom. The van der Waals surface area contributed by atoms with E-state index in [1.54, 1.807) is 60.9 Å². The van der Waals surface area contributed by atoms with E-state index in [1.807, 2.05) is 10.6 Å². The van der Waals surface area contributed by atoms with Gasteiger partial charge in [-0.05, 0) is 55.5 Å². The third kappa shape index (κ3) is 6.61. The van der Waals surface area contributed by atoms with Crippen molar-refractivity contribution in [2.75, 3.05) is 22.0 Å². The molecule has 12 heteroatoms. The maximum absolute atomic E-state index is 12.6. The molecule has 0 aliphatic heterocycles. The number of amides is 1. The second-order valence-electron chi connectivity index (χ2n) is 7.90. The van der Waals surface area contributed by atoms with Gasteiger partial charge >= 0.3 is 0 Å². The molecule has 0 saturated heterocycles. The Balaban J connectivity index is 1.52. The van der Waals surface area contributed by atoms with Crippen LogP contribution in [-0.4, -0.2) is 46.9 Å². The Hall–Kier alpha value is -3.90. The fourth-order valence-electron chi connectivity index (χ4n) is 3.35. The van der Waals surface area contributed by atoms with E-state index in [0.29, 0.717) is 45.8 Å². The van der Waals surface area contributed by atoms with E-state index in [9.17, 15) is 18.0 Å². The predicted molar refractivity (Wildman–Crippen MR) is 138 cm³/mol. The molecule has 36 heavy (non-hydrogen) atoms. The molecule has 10 nitrogen and oxygen atoms in total. The van der Waals surface area contributed by atoms with Crippen molar-refractivity contribution < 1.29 is 22.4 Å². The van der Waals surface area contributed by atoms with Crippen molar-refractivity contribution >= 4 is 44.9 Å². The summed E-state index contributed by atoms with van der Waals surface area (Å²) >= 11 is 1.21. The van der Waals surface area contributed by atoms with Crippen LogP contribution in [0.1, 0.15) is 23.0 Å². The van der Waals surface area contributed by atoms with E-state index in [-0.39, 0.29) is 17.4 Å². The van der Waals surface area contributed by atoms with E-state index in [0.717, 1.165) is 6.26 Å². The van der Waals surface area contributed by atoms with Gasteiger partial charge in [0, 0.05) is 22.5 Å². The summed E-state index contributed by atoms with van der Waals surface area (Å²) in [5, 5.41) is 11.9. The van der Waals surface area contributed by atoms with Crippen LogP contribution in [0.3, 0.4) is 0 Å². The van der Waals surface area contributed by atoms with Crippen molar-refractivity contribution in [3.05, 3.63) is 78.3 Å². The standard InChI is InChI=1S/C24H23N5O5S2/c1-16(30)18-5-3-6-20(13-18)25-22(31)15-35-24-27-26-23(29(24)14-21-7-4-12-34-21)17-8-10-19(11-9-17)28-36(2,32)33/h3-13,28H,14-15H2,1-2H3,(H,25,31). The van der Waals surface area contributed by atoms with Gasteiger partial charge in [-0.1, -0.05) is 23.9 Å². The molecule has 0 unspecified atom stereocenters. The number of thioether (sulfide) groups is 1. The van der Waals surface area contributed by atoms with E-state index < -0.39 is 10.0 Å². The largest absolute Gasteiger partial charge is 0.467 e. The highest BCUT2D eigenvalue weighted by molar-refractivity contribution is 7.99. The summed E-state index contributed by atoms with van der Waals surface area (Å²) in [6.45, 7) is 1.80. The molecule has 4 aromatic rings. The summed E-state index contributed by atoms with van der Waals surface area (Å²) in [7, 11) is -3.39. The van der Waals surface area contributed by atoms with Gasteiger partial charge in [-0.3, -0.25) is 18.9 Å². The van der Waals surface area contributed by atoms with Gasteiger partial charge in [0.2, 0.25) is 15.9 Å². The van der Waals surface area contributed by atoms with Gasteiger partial charge in [-0.15, -0.1) is 10.2 Å². The maximum atomic E-state index is 12.6. The number of nitrogens with one attached hydrogen (secondary N) is 2. The molecule has 0 spiro atoms. The van der Waals surface area contributed by atoms with Crippen LogP contribution < -0.4 is 10.0 Å². The highest BCUT2D eigenvalue weighted by Crippen LogP contribution is 2.27. The predicted octanol–water partition coefficient (Wildman–Crippen LogP) is 3.89. The van der Waals surface area contributed by atoms with Gasteiger partial charge in [0.25, 0.3) is 0 Å². The van der Waals surface area contributed by atoms with Crippen molar-refractivity contribution in [2.24, 2.45) is 0 Å². The number of benzene rings is 2. The number of sulfonamides is 1. The zero-order valence-electron chi connectivity index (χ0n) is 19.5. The van der Waals surface area contributed by atoms with Gasteiger partial charge in [0.05, 0.1) is 24.8 Å². The van der Waals surface area contributed by atoms with E-state index in [2.05, 4.69) is 20.2 Å². The van der Waals surface area contributed by atoms with Crippen LogP contribution in [0.4, 0.5) is 11.4 Å². The first-order valence-electron chi connectivity index (χ1n) is 10.8. The first-order valence-corrected chi connectivity index (χ1v) is 13.6. The number of nitrogens with zero attached hydrogens (tertiary/aromatic N) is 3. The lowest BCUT2D eigenvalue weighted by molar-refractivity contribution is -0.113. The molecule has 2 aromatic carbocycles. The molecule has 0 bridgehead atoms. The zero-order chi connectivity index (χ0) is 25.7. The molecule has 2 heterocycles. The molecular weight excluding hydrogens is 502 g/mol. The monoisotopic (exact) mass is 525 g/mol. The quantitative estimate of drug-likeness (QED) is 0.235. The molecule has 2 N–H and O–H groups in total. The normalized spacial score (nSPS) is 11.3. The number of anilines is 2. The molecular formula is C24H23N5O5S2. The molecule has 0 atom stereocenters. The summed E-state index contributed by atoms with van der Waals surface area (Å²) in [6.07, 6.45) is 2.65. The van der Waals surface area contributed by atoms with Crippen molar-refractivity contribution in [3.8, 4) is 11.4 Å². The van der Waals surface area contributed by atoms with Crippen LogP contribution in [0.15, 0.2) is 76.5 Å². The van der Waals surface area contributed by atoms with Crippen LogP contribution in [0.25, 0.3) is 11.4 Å². The number of hydrogen-bond acceptors (Lipinski definition) is 8. The van der Waals surface area contributed by atoms with E-state index in [1.165, 1.54) is 18.7 Å². The van der Waals surface area contributed by atoms with Gasteiger partial charge in [-0.25, -0.2) is 8.42 Å². The molecule has 0 aliphatic carbocycles. The smallest absolute Gasteiger partial charge is 0.234 e. The SMILES string of the molecule is CC(=O)c1cccc(NC(=O)CSc2nnc(-c3ccc(NS(C)(=O)=O)cc3)n2Cc2ccco2)c1. The Labute approximate surface area is 212 Å². The van der Waals surface area contributed by atoms with Crippen LogP contribution >= 0.6 is 11.8 Å². The highest BCUT2D eigenvalue weighted by atomic mass is 32.2. The lowest BCUT2D eigenvalue weighted by atomic mass is 10.1. The van der Waals surface area contributed by atoms with Crippen molar-refractivity contribution in [2.45, 2.75) is 18.6 Å². The van der Waals surface area contributed by atoms with Crippen molar-refractivity contribution in [1.82, 2.24) is 14.8 Å². The van der Waals surface area contributed by atoms with Gasteiger partial charge < -0.3 is 9.73 Å². The number of Topliss-reactive ketones (excluding diaryl/α,β-unsaturated/α-hetero) is 1. The Bertz CT molecular complexity index is 1480. The third-order valence-corrected chi connectivity index (χ3v) is 6.52. The molecule has 1 amide bonds. The van der Waals surface area contributed by atoms with Crippen LogP contribution in [0, 0.1) is 0 Å². The van der Waals surface area contributed by atoms with Crippen LogP contribution in [-0.2, 0) is 21.4 Å². The number of ketones is 1. The molecule has 0 radical (unpaired) electrons. The number of carbonyl (C=O) groups excluding carboxylic acids is 2. The summed E-state index contributed by atoms with van der Waals surface area (Å²) in [4.78, 5) is 24.2. The summed E-state index contributed by atoms with van der Waals surface area (Å²) < 4.78 is 32.7. The number of hydrogen-bond donors (Lipinski definition) is 2. The minimum absolute atomic E-state index is 0.0673. The number of aromatic nitrogens is 3. The number of furan rings is 1. The topological polar surface area (TPSA) is 136 Å².